The fourth-order valence-electron chi connectivity index (χ4n) is 8.89. The normalized spacial score (nSPS) is 43.1. The Morgan fingerprint density at radius 3 is 2.26 bits per heavy atom. The van der Waals surface area contributed by atoms with E-state index in [1.807, 2.05) is 5.92 Å². The summed E-state index contributed by atoms with van der Waals surface area (Å²) >= 11 is -0.556. The molecule has 0 aromatic carbocycles. The molecule has 0 aliphatic heterocycles. The third-order valence-electron chi connectivity index (χ3n) is 10.8. The van der Waals surface area contributed by atoms with Crippen molar-refractivity contribution in [1.82, 2.24) is 0 Å². The first-order valence-electron chi connectivity index (χ1n) is 13.3. The Morgan fingerprint density at radius 2 is 1.68 bits per heavy atom. The molecule has 5 saturated carbocycles. The van der Waals surface area contributed by atoms with Crippen molar-refractivity contribution in [1.29, 1.82) is 0 Å². The van der Waals surface area contributed by atoms with Gasteiger partial charge in [-0.05, 0) is 116 Å². The van der Waals surface area contributed by atoms with E-state index < -0.39 is 17.0 Å². The van der Waals surface area contributed by atoms with Crippen molar-refractivity contribution in [2.45, 2.75) is 112 Å². The second-order valence-corrected chi connectivity index (χ2v) is 15.2. The fraction of sp³-hybridized carbons (Fsp3) is 0.929. The van der Waals surface area contributed by atoms with Gasteiger partial charge in [0.05, 0.1) is 0 Å². The van der Waals surface area contributed by atoms with Crippen LogP contribution < -0.4 is 0 Å². The molecule has 0 nitrogen and oxygen atoms in total. The van der Waals surface area contributed by atoms with Crippen molar-refractivity contribution in [3.8, 4) is 0 Å². The van der Waals surface area contributed by atoms with Crippen LogP contribution in [0, 0.1) is 64.6 Å². The Labute approximate surface area is 211 Å². The molecular weight excluding hydrogens is 455 g/mol. The van der Waals surface area contributed by atoms with E-state index in [9.17, 15) is 0 Å². The Hall–Kier alpha value is 1.29. The summed E-state index contributed by atoms with van der Waals surface area (Å²) in [7, 11) is 9.78. The van der Waals surface area contributed by atoms with Crippen molar-refractivity contribution in [3.63, 3.8) is 0 Å². The SMILES string of the molecule is CC(C)[C@H]1C[C@H](C)CC[C@H]1[C]1[CH]CCC1.CC1(C)C2CCC1(C)C1CCCC21.[Cl][Ti][Cl]. The van der Waals surface area contributed by atoms with Crippen LogP contribution in [0.2, 0.25) is 0 Å². The Bertz CT molecular complexity index is 553. The van der Waals surface area contributed by atoms with Gasteiger partial charge in [0.1, 0.15) is 0 Å². The van der Waals surface area contributed by atoms with Gasteiger partial charge in [0.25, 0.3) is 0 Å². The number of halogens is 2. The number of hydrogen-bond donors (Lipinski definition) is 0. The molecule has 2 radical (unpaired) electrons. The van der Waals surface area contributed by atoms with Crippen molar-refractivity contribution in [2.75, 3.05) is 0 Å². The molecular formula is C28H48Cl2Ti. The fourth-order valence-corrected chi connectivity index (χ4v) is 8.89. The van der Waals surface area contributed by atoms with Gasteiger partial charge in [-0.25, -0.2) is 0 Å². The Balaban J connectivity index is 0.000000157. The van der Waals surface area contributed by atoms with E-state index in [0.717, 1.165) is 41.4 Å². The molecule has 4 unspecified atom stereocenters. The van der Waals surface area contributed by atoms with Crippen molar-refractivity contribution < 1.29 is 17.0 Å². The second kappa shape index (κ2) is 11.4. The molecule has 2 bridgehead atoms. The summed E-state index contributed by atoms with van der Waals surface area (Å²) in [5, 5.41) is 0. The summed E-state index contributed by atoms with van der Waals surface area (Å²) in [6, 6.07) is 0. The van der Waals surface area contributed by atoms with Gasteiger partial charge in [0.2, 0.25) is 0 Å². The Kier molecular flexibility index (Phi) is 9.85. The Morgan fingerprint density at radius 1 is 0.968 bits per heavy atom. The van der Waals surface area contributed by atoms with Gasteiger partial charge in [0.15, 0.2) is 0 Å². The van der Waals surface area contributed by atoms with Gasteiger partial charge in [-0.1, -0.05) is 60.8 Å². The maximum absolute atomic E-state index is 4.89. The third-order valence-corrected chi connectivity index (χ3v) is 10.8. The van der Waals surface area contributed by atoms with Gasteiger partial charge < -0.3 is 0 Å². The maximum atomic E-state index is 4.89. The summed E-state index contributed by atoms with van der Waals surface area (Å²) in [4.78, 5) is 0. The topological polar surface area (TPSA) is 0 Å². The van der Waals surface area contributed by atoms with E-state index in [1.165, 1.54) is 57.8 Å². The van der Waals surface area contributed by atoms with Gasteiger partial charge in [0, 0.05) is 0 Å². The molecule has 0 aromatic heterocycles. The molecule has 0 aromatic rings. The van der Waals surface area contributed by atoms with Crippen LogP contribution in [-0.4, -0.2) is 0 Å². The zero-order chi connectivity index (χ0) is 22.8. The predicted molar refractivity (Wildman–Crippen MR) is 133 cm³/mol. The van der Waals surface area contributed by atoms with E-state index in [0.29, 0.717) is 10.8 Å². The molecule has 7 atom stereocenters. The van der Waals surface area contributed by atoms with E-state index in [2.05, 4.69) is 48.0 Å². The summed E-state index contributed by atoms with van der Waals surface area (Å²) in [5.41, 5.74) is 1.36. The van der Waals surface area contributed by atoms with Crippen molar-refractivity contribution in [2.24, 2.45) is 52.3 Å². The average molecular weight is 503 g/mol. The monoisotopic (exact) mass is 502 g/mol. The van der Waals surface area contributed by atoms with Crippen LogP contribution in [0.25, 0.3) is 0 Å². The summed E-state index contributed by atoms with van der Waals surface area (Å²) in [5.74, 6) is 8.87. The molecule has 5 aliphatic rings. The zero-order valence-corrected chi connectivity index (χ0v) is 24.2. The van der Waals surface area contributed by atoms with Gasteiger partial charge in [-0.3, -0.25) is 0 Å². The quantitative estimate of drug-likeness (QED) is 0.329. The van der Waals surface area contributed by atoms with Crippen LogP contribution in [-0.2, 0) is 17.0 Å². The van der Waals surface area contributed by atoms with Crippen LogP contribution >= 0.6 is 18.6 Å². The molecule has 31 heavy (non-hydrogen) atoms. The number of rotatable bonds is 2. The first kappa shape index (κ1) is 26.9. The second-order valence-electron chi connectivity index (χ2n) is 12.7. The summed E-state index contributed by atoms with van der Waals surface area (Å²) in [6.45, 7) is 15.0. The van der Waals surface area contributed by atoms with Crippen molar-refractivity contribution in [3.05, 3.63) is 12.3 Å². The van der Waals surface area contributed by atoms with Gasteiger partial charge in [-0.15, -0.1) is 0 Å². The first-order chi connectivity index (χ1) is 14.7. The zero-order valence-electron chi connectivity index (χ0n) is 21.2. The summed E-state index contributed by atoms with van der Waals surface area (Å²) in [6.07, 6.45) is 18.8. The standard InChI is InChI=1S/C15H26.C13H22.2ClH.Ti/c1-11(2)15-10-12(3)8-9-14(15)13-6-4-5-7-13;1-12(2)10-7-8-13(12,3)11-6-4-5-9(10)11;;;/h6,11-12,14-15H,4-5,7-10H2,1-3H3;9-11H,4-8H2,1-3H3;2*1H;/q;;;;+2/p-2/t12-,14+,15-;;;;/m1..../s1. The van der Waals surface area contributed by atoms with Crippen LogP contribution in [0.3, 0.4) is 0 Å². The molecule has 3 heteroatoms. The first-order valence-corrected chi connectivity index (χ1v) is 17.6. The molecule has 0 N–H and O–H groups in total. The summed E-state index contributed by atoms with van der Waals surface area (Å²) < 4.78 is 0. The average Bonchev–Trinajstić information content (AvgIpc) is 3.47. The van der Waals surface area contributed by atoms with Crippen LogP contribution in [0.1, 0.15) is 112 Å². The van der Waals surface area contributed by atoms with Crippen molar-refractivity contribution >= 4 is 18.6 Å². The van der Waals surface area contributed by atoms with Gasteiger partial charge >= 0.3 is 35.6 Å². The number of fused-ring (bicyclic) bond motifs is 5. The molecule has 5 fully saturated rings. The molecule has 5 aliphatic carbocycles. The minimum absolute atomic E-state index is 0.556. The van der Waals surface area contributed by atoms with Crippen LogP contribution in [0.15, 0.2) is 0 Å². The molecule has 178 valence electrons. The molecule has 0 amide bonds. The predicted octanol–water partition coefficient (Wildman–Crippen LogP) is 9.89. The van der Waals surface area contributed by atoms with Crippen LogP contribution in [0.5, 0.6) is 0 Å². The van der Waals surface area contributed by atoms with E-state index in [-0.39, 0.29) is 0 Å². The number of hydrogen-bond acceptors (Lipinski definition) is 0. The molecule has 5 rings (SSSR count). The molecule has 0 saturated heterocycles. The van der Waals surface area contributed by atoms with E-state index in [4.69, 9.17) is 18.6 Å². The minimum atomic E-state index is -0.556. The van der Waals surface area contributed by atoms with Crippen LogP contribution in [0.4, 0.5) is 0 Å². The molecule has 0 spiro atoms. The third kappa shape index (κ3) is 5.43. The molecule has 0 heterocycles. The van der Waals surface area contributed by atoms with Gasteiger partial charge in [-0.2, -0.15) is 0 Å². The van der Waals surface area contributed by atoms with E-state index in [1.54, 1.807) is 12.8 Å². The van der Waals surface area contributed by atoms with E-state index >= 15 is 0 Å².